The van der Waals surface area contributed by atoms with Gasteiger partial charge in [0.15, 0.2) is 0 Å². The molecule has 3 N–H and O–H groups in total. The molecule has 1 saturated heterocycles. The van der Waals surface area contributed by atoms with E-state index >= 15 is 0 Å². The van der Waals surface area contributed by atoms with Crippen LogP contribution < -0.4 is 15.8 Å². The Bertz CT molecular complexity index is 734. The van der Waals surface area contributed by atoms with Gasteiger partial charge in [-0.3, -0.25) is 25.6 Å². The van der Waals surface area contributed by atoms with E-state index in [1.807, 2.05) is 11.8 Å². The van der Waals surface area contributed by atoms with Crippen LogP contribution in [0.25, 0.3) is 0 Å². The largest absolute Gasteiger partial charge is 0.378 e. The van der Waals surface area contributed by atoms with Gasteiger partial charge in [-0.1, -0.05) is 13.8 Å². The molecule has 0 bridgehead atoms. The van der Waals surface area contributed by atoms with Crippen molar-refractivity contribution >= 4 is 24.2 Å². The Kier molecular flexibility index (Phi) is 7.38. The molecule has 166 valence electrons. The van der Waals surface area contributed by atoms with Gasteiger partial charge in [0.1, 0.15) is 5.82 Å². The van der Waals surface area contributed by atoms with E-state index in [1.54, 1.807) is 0 Å². The van der Waals surface area contributed by atoms with Crippen LogP contribution in [0.2, 0.25) is 0 Å². The van der Waals surface area contributed by atoms with Gasteiger partial charge in [-0.15, -0.1) is 0 Å². The van der Waals surface area contributed by atoms with Crippen molar-refractivity contribution in [1.29, 1.82) is 0 Å². The molecule has 2 heterocycles. The van der Waals surface area contributed by atoms with Gasteiger partial charge < -0.3 is 9.64 Å². The first-order valence-corrected chi connectivity index (χ1v) is 10.5. The molecule has 1 aromatic rings. The summed E-state index contributed by atoms with van der Waals surface area (Å²) in [5, 5.41) is 10.3. The van der Waals surface area contributed by atoms with E-state index in [2.05, 4.69) is 32.7 Å². The Morgan fingerprint density at radius 1 is 1.30 bits per heavy atom. The van der Waals surface area contributed by atoms with Crippen LogP contribution in [0.4, 0.5) is 11.9 Å². The Morgan fingerprint density at radius 3 is 2.63 bits per heavy atom. The number of rotatable bonds is 8. The predicted octanol–water partition coefficient (Wildman–Crippen LogP) is 0.758. The smallest absolute Gasteiger partial charge is 0.246 e. The number of carbonyl (C=O) groups is 2. The van der Waals surface area contributed by atoms with Crippen molar-refractivity contribution < 1.29 is 19.5 Å². The average molecular weight is 422 g/mol. The number of nitrogens with zero attached hydrogens (tertiary/aromatic N) is 5. The maximum absolute atomic E-state index is 13.1. The highest BCUT2D eigenvalue weighted by Gasteiger charge is 2.42. The number of anilines is 2. The normalized spacial score (nSPS) is 24.2. The molecule has 2 aliphatic rings. The zero-order valence-corrected chi connectivity index (χ0v) is 17.6. The molecule has 1 aliphatic heterocycles. The second kappa shape index (κ2) is 9.98. The summed E-state index contributed by atoms with van der Waals surface area (Å²) >= 11 is 0. The summed E-state index contributed by atoms with van der Waals surface area (Å²) in [7, 11) is 0. The molecule has 1 saturated carbocycles. The highest BCUT2D eigenvalue weighted by Crippen LogP contribution is 2.39. The van der Waals surface area contributed by atoms with E-state index < -0.39 is 5.41 Å². The van der Waals surface area contributed by atoms with Gasteiger partial charge in [-0.2, -0.15) is 15.0 Å². The predicted molar refractivity (Wildman–Crippen MR) is 109 cm³/mol. The number of hydrazine groups is 1. The topological polar surface area (TPSA) is 133 Å². The van der Waals surface area contributed by atoms with E-state index in [1.165, 1.54) is 0 Å². The lowest BCUT2D eigenvalue weighted by atomic mass is 9.70. The van der Waals surface area contributed by atoms with Gasteiger partial charge in [-0.05, 0) is 31.6 Å². The van der Waals surface area contributed by atoms with E-state index in [0.29, 0.717) is 74.7 Å². The summed E-state index contributed by atoms with van der Waals surface area (Å²) < 4.78 is 5.38. The van der Waals surface area contributed by atoms with Crippen molar-refractivity contribution in [3.63, 3.8) is 0 Å². The first-order valence-electron chi connectivity index (χ1n) is 10.5. The lowest BCUT2D eigenvalue weighted by Gasteiger charge is -2.38. The number of hydrogen-bond acceptors (Lipinski definition) is 9. The number of amides is 2. The minimum atomic E-state index is -0.858. The molecule has 1 aliphatic carbocycles. The van der Waals surface area contributed by atoms with Gasteiger partial charge in [0, 0.05) is 19.5 Å². The number of aryl methyl sites for hydroxylation is 1. The molecular formula is C19H31N7O4. The number of hydrogen-bond donors (Lipinski definition) is 3. The van der Waals surface area contributed by atoms with Crippen LogP contribution in [0.3, 0.4) is 0 Å². The third kappa shape index (κ3) is 5.33. The molecule has 3 rings (SSSR count). The standard InChI is InChI=1S/C19H31N7O4/c1-3-15-20-17(22-18(21-15)25-8-10-30-11-9-25)24-23-16(28)19(12-26(29)13-27)6-4-14(2)5-7-19/h13-14,29H,3-12H2,1-2H3,(H,23,28)(H,20,21,22,24)/t14-,19-. The highest BCUT2D eigenvalue weighted by molar-refractivity contribution is 5.84. The molecule has 2 fully saturated rings. The third-order valence-electron chi connectivity index (χ3n) is 5.87. The van der Waals surface area contributed by atoms with E-state index in [0.717, 1.165) is 12.8 Å². The van der Waals surface area contributed by atoms with E-state index in [9.17, 15) is 14.8 Å². The Labute approximate surface area is 176 Å². The van der Waals surface area contributed by atoms with Crippen LogP contribution >= 0.6 is 0 Å². The van der Waals surface area contributed by atoms with E-state index in [-0.39, 0.29) is 18.4 Å². The number of carbonyl (C=O) groups excluding carboxylic acids is 2. The number of morpholine rings is 1. The molecule has 0 aromatic carbocycles. The molecule has 0 spiro atoms. The molecule has 11 heteroatoms. The number of hydroxylamine groups is 2. The molecule has 0 radical (unpaired) electrons. The van der Waals surface area contributed by atoms with Crippen molar-refractivity contribution in [2.75, 3.05) is 43.2 Å². The molecule has 11 nitrogen and oxygen atoms in total. The Morgan fingerprint density at radius 2 is 2.00 bits per heavy atom. The van der Waals surface area contributed by atoms with Crippen LogP contribution in [0.15, 0.2) is 0 Å². The summed E-state index contributed by atoms with van der Waals surface area (Å²) in [5.41, 5.74) is 4.65. The van der Waals surface area contributed by atoms with Crippen molar-refractivity contribution in [1.82, 2.24) is 25.4 Å². The SMILES string of the molecule is CCc1nc(NNC(=O)[C@]2(CN(O)C=O)CC[C@@H](C)CC2)nc(N2CCOCC2)n1. The quantitative estimate of drug-likeness (QED) is 0.316. The van der Waals surface area contributed by atoms with Gasteiger partial charge in [0.25, 0.3) is 0 Å². The van der Waals surface area contributed by atoms with Crippen LogP contribution in [0, 0.1) is 11.3 Å². The maximum Gasteiger partial charge on any atom is 0.246 e. The molecule has 30 heavy (non-hydrogen) atoms. The average Bonchev–Trinajstić information content (AvgIpc) is 2.79. The molecule has 1 aromatic heterocycles. The highest BCUT2D eigenvalue weighted by atomic mass is 16.5. The fourth-order valence-electron chi connectivity index (χ4n) is 3.89. The summed E-state index contributed by atoms with van der Waals surface area (Å²) in [6, 6.07) is 0. The van der Waals surface area contributed by atoms with Crippen LogP contribution in [-0.2, 0) is 20.7 Å². The second-order valence-electron chi connectivity index (χ2n) is 8.07. The van der Waals surface area contributed by atoms with E-state index in [4.69, 9.17) is 4.74 Å². The summed E-state index contributed by atoms with van der Waals surface area (Å²) in [6.45, 7) is 6.66. The maximum atomic E-state index is 13.1. The summed E-state index contributed by atoms with van der Waals surface area (Å²) in [6.07, 6.45) is 3.84. The zero-order chi connectivity index (χ0) is 21.6. The molecule has 0 atom stereocenters. The minimum absolute atomic E-state index is 0.0484. The van der Waals surface area contributed by atoms with Gasteiger partial charge in [0.2, 0.25) is 24.2 Å². The molecular weight excluding hydrogens is 390 g/mol. The van der Waals surface area contributed by atoms with Crippen molar-refractivity contribution in [2.24, 2.45) is 11.3 Å². The Balaban J connectivity index is 1.72. The van der Waals surface area contributed by atoms with Crippen LogP contribution in [0.5, 0.6) is 0 Å². The lowest BCUT2D eigenvalue weighted by Crippen LogP contribution is -2.51. The van der Waals surface area contributed by atoms with Crippen LogP contribution in [-0.4, -0.2) is 70.4 Å². The van der Waals surface area contributed by atoms with Crippen molar-refractivity contribution in [3.05, 3.63) is 5.82 Å². The molecule has 2 amide bonds. The molecule has 0 unspecified atom stereocenters. The van der Waals surface area contributed by atoms with Gasteiger partial charge >= 0.3 is 0 Å². The second-order valence-corrected chi connectivity index (χ2v) is 8.07. The van der Waals surface area contributed by atoms with Crippen molar-refractivity contribution in [2.45, 2.75) is 46.0 Å². The number of ether oxygens (including phenoxy) is 1. The Hall–Kier alpha value is -2.53. The monoisotopic (exact) mass is 421 g/mol. The third-order valence-corrected chi connectivity index (χ3v) is 5.87. The zero-order valence-electron chi connectivity index (χ0n) is 17.6. The number of nitrogens with one attached hydrogen (secondary N) is 2. The fourth-order valence-corrected chi connectivity index (χ4v) is 3.89. The summed E-state index contributed by atoms with van der Waals surface area (Å²) in [5.74, 6) is 1.64. The van der Waals surface area contributed by atoms with Crippen LogP contribution in [0.1, 0.15) is 45.4 Å². The number of aromatic nitrogens is 3. The first kappa shape index (κ1) is 22.2. The lowest BCUT2D eigenvalue weighted by molar-refractivity contribution is -0.163. The van der Waals surface area contributed by atoms with Crippen molar-refractivity contribution in [3.8, 4) is 0 Å². The first-order chi connectivity index (χ1) is 14.5. The van der Waals surface area contributed by atoms with Gasteiger partial charge in [-0.25, -0.2) is 5.06 Å². The fraction of sp³-hybridized carbons (Fsp3) is 0.737. The van der Waals surface area contributed by atoms with Gasteiger partial charge in [0.05, 0.1) is 25.2 Å². The summed E-state index contributed by atoms with van der Waals surface area (Å²) in [4.78, 5) is 39.3. The minimum Gasteiger partial charge on any atom is -0.378 e.